The maximum absolute atomic E-state index is 12.2. The second-order valence-electron chi connectivity index (χ2n) is 9.15. The Morgan fingerprint density at radius 3 is 1.61 bits per heavy atom. The molecule has 0 aromatic heterocycles. The number of phosphoric acid groups is 1. The SMILES string of the molecule is CC(C)(C)CCC(=O)Cc1ccc(CC(=O)CCC(C)(C)OP(=O)(O)O)cc1. The normalized spacial score (nSPS) is 12.8. The quantitative estimate of drug-likeness (QED) is 0.522. The fourth-order valence-electron chi connectivity index (χ4n) is 2.73. The van der Waals surface area contributed by atoms with Gasteiger partial charge in [0.05, 0.1) is 5.60 Å². The van der Waals surface area contributed by atoms with Crippen LogP contribution >= 0.6 is 7.82 Å². The van der Waals surface area contributed by atoms with Gasteiger partial charge in [-0.25, -0.2) is 4.57 Å². The van der Waals surface area contributed by atoms with E-state index < -0.39 is 13.4 Å². The molecule has 28 heavy (non-hydrogen) atoms. The molecule has 0 atom stereocenters. The van der Waals surface area contributed by atoms with Crippen LogP contribution in [0.3, 0.4) is 0 Å². The van der Waals surface area contributed by atoms with Gasteiger partial charge >= 0.3 is 7.82 Å². The van der Waals surface area contributed by atoms with Crippen LogP contribution in [0.5, 0.6) is 0 Å². The number of carbonyl (C=O) groups excluding carboxylic acids is 2. The Balaban J connectivity index is 2.48. The molecule has 0 aliphatic carbocycles. The summed E-state index contributed by atoms with van der Waals surface area (Å²) < 4.78 is 15.6. The van der Waals surface area contributed by atoms with E-state index in [0.29, 0.717) is 12.8 Å². The molecule has 0 bridgehead atoms. The van der Waals surface area contributed by atoms with Crippen LogP contribution in [-0.2, 0) is 31.5 Å². The lowest BCUT2D eigenvalue weighted by molar-refractivity contribution is -0.120. The average molecular weight is 412 g/mol. The maximum atomic E-state index is 12.2. The molecule has 1 rings (SSSR count). The molecule has 0 radical (unpaired) electrons. The van der Waals surface area contributed by atoms with Gasteiger partial charge in [-0.3, -0.25) is 14.1 Å². The molecule has 0 aliphatic rings. The summed E-state index contributed by atoms with van der Waals surface area (Å²) in [4.78, 5) is 42.0. The Bertz CT molecular complexity index is 709. The van der Waals surface area contributed by atoms with E-state index in [2.05, 4.69) is 20.8 Å². The summed E-state index contributed by atoms with van der Waals surface area (Å²) in [5, 5.41) is 0. The van der Waals surface area contributed by atoms with Gasteiger partial charge in [0.1, 0.15) is 11.6 Å². The van der Waals surface area contributed by atoms with Crippen molar-refractivity contribution in [3.05, 3.63) is 35.4 Å². The molecule has 158 valence electrons. The Kier molecular flexibility index (Phi) is 8.76. The molecular weight excluding hydrogens is 379 g/mol. The van der Waals surface area contributed by atoms with E-state index in [-0.39, 0.29) is 36.2 Å². The number of Topliss-reactive ketones (excluding diaryl/α,β-unsaturated/α-hetero) is 2. The summed E-state index contributed by atoms with van der Waals surface area (Å²) in [5.74, 6) is 0.183. The summed E-state index contributed by atoms with van der Waals surface area (Å²) >= 11 is 0. The molecule has 0 saturated carbocycles. The largest absolute Gasteiger partial charge is 0.470 e. The van der Waals surface area contributed by atoms with Crippen molar-refractivity contribution < 1.29 is 28.5 Å². The Labute approximate surface area is 167 Å². The van der Waals surface area contributed by atoms with Crippen LogP contribution in [0.15, 0.2) is 24.3 Å². The first-order chi connectivity index (χ1) is 12.7. The highest BCUT2D eigenvalue weighted by Crippen LogP contribution is 2.42. The van der Waals surface area contributed by atoms with Crippen molar-refractivity contribution in [3.63, 3.8) is 0 Å². The van der Waals surface area contributed by atoms with Crippen LogP contribution in [-0.4, -0.2) is 27.0 Å². The van der Waals surface area contributed by atoms with Crippen LogP contribution in [0.2, 0.25) is 0 Å². The topological polar surface area (TPSA) is 101 Å². The fraction of sp³-hybridized carbons (Fsp3) is 0.619. The third kappa shape index (κ3) is 11.5. The van der Waals surface area contributed by atoms with E-state index in [9.17, 15) is 14.2 Å². The maximum Gasteiger partial charge on any atom is 0.470 e. The summed E-state index contributed by atoms with van der Waals surface area (Å²) in [5.41, 5.74) is 0.854. The molecule has 0 aliphatic heterocycles. The number of rotatable bonds is 11. The number of benzene rings is 1. The van der Waals surface area contributed by atoms with Crippen LogP contribution < -0.4 is 0 Å². The lowest BCUT2D eigenvalue weighted by atomic mass is 9.88. The third-order valence-corrected chi connectivity index (χ3v) is 5.08. The van der Waals surface area contributed by atoms with Crippen molar-refractivity contribution in [3.8, 4) is 0 Å². The van der Waals surface area contributed by atoms with Gasteiger partial charge in [0.25, 0.3) is 0 Å². The molecule has 0 spiro atoms. The smallest absolute Gasteiger partial charge is 0.303 e. The van der Waals surface area contributed by atoms with Crippen LogP contribution in [0.4, 0.5) is 0 Å². The first-order valence-electron chi connectivity index (χ1n) is 9.53. The molecule has 1 aromatic carbocycles. The number of phosphoric ester groups is 1. The van der Waals surface area contributed by atoms with Crippen LogP contribution in [0, 0.1) is 5.41 Å². The fourth-order valence-corrected chi connectivity index (χ4v) is 3.46. The van der Waals surface area contributed by atoms with Gasteiger partial charge in [0.2, 0.25) is 0 Å². The molecule has 0 unspecified atom stereocenters. The zero-order chi connectivity index (χ0) is 21.6. The van der Waals surface area contributed by atoms with Crippen molar-refractivity contribution >= 4 is 19.4 Å². The van der Waals surface area contributed by atoms with Gasteiger partial charge in [0, 0.05) is 25.7 Å². The van der Waals surface area contributed by atoms with Crippen molar-refractivity contribution in [1.29, 1.82) is 0 Å². The van der Waals surface area contributed by atoms with Crippen molar-refractivity contribution in [2.75, 3.05) is 0 Å². The molecule has 2 N–H and O–H groups in total. The van der Waals surface area contributed by atoms with Gasteiger partial charge in [-0.15, -0.1) is 0 Å². The van der Waals surface area contributed by atoms with Crippen molar-refractivity contribution in [1.82, 2.24) is 0 Å². The number of hydrogen-bond donors (Lipinski definition) is 2. The zero-order valence-corrected chi connectivity index (χ0v) is 18.4. The second-order valence-corrected chi connectivity index (χ2v) is 10.3. The van der Waals surface area contributed by atoms with Gasteiger partial charge in [-0.2, -0.15) is 0 Å². The minimum Gasteiger partial charge on any atom is -0.303 e. The highest BCUT2D eigenvalue weighted by Gasteiger charge is 2.29. The first kappa shape index (κ1) is 24.7. The predicted molar refractivity (Wildman–Crippen MR) is 109 cm³/mol. The Hall–Kier alpha value is -1.33. The molecule has 7 heteroatoms. The molecular formula is C21H33O6P. The van der Waals surface area contributed by atoms with Gasteiger partial charge in [-0.1, -0.05) is 45.0 Å². The van der Waals surface area contributed by atoms with E-state index in [1.807, 2.05) is 24.3 Å². The van der Waals surface area contributed by atoms with E-state index >= 15 is 0 Å². The van der Waals surface area contributed by atoms with E-state index in [1.165, 1.54) is 0 Å². The van der Waals surface area contributed by atoms with Crippen molar-refractivity contribution in [2.45, 2.75) is 78.7 Å². The molecule has 1 aromatic rings. The Morgan fingerprint density at radius 2 is 1.25 bits per heavy atom. The highest BCUT2D eigenvalue weighted by molar-refractivity contribution is 7.46. The molecule has 0 fully saturated rings. The summed E-state index contributed by atoms with van der Waals surface area (Å²) in [6, 6.07) is 7.44. The lowest BCUT2D eigenvalue weighted by Crippen LogP contribution is -2.24. The summed E-state index contributed by atoms with van der Waals surface area (Å²) in [6.07, 6.45) is 2.45. The minimum atomic E-state index is -4.58. The van der Waals surface area contributed by atoms with Crippen molar-refractivity contribution in [2.24, 2.45) is 5.41 Å². The molecule has 6 nitrogen and oxygen atoms in total. The number of hydrogen-bond acceptors (Lipinski definition) is 4. The average Bonchev–Trinajstić information content (AvgIpc) is 2.50. The minimum absolute atomic E-state index is 0.0311. The molecule has 0 heterocycles. The summed E-state index contributed by atoms with van der Waals surface area (Å²) in [6.45, 7) is 9.44. The zero-order valence-electron chi connectivity index (χ0n) is 17.5. The van der Waals surface area contributed by atoms with Gasteiger partial charge < -0.3 is 9.79 Å². The predicted octanol–water partition coefficient (Wildman–Crippen LogP) is 4.40. The third-order valence-electron chi connectivity index (χ3n) is 4.35. The van der Waals surface area contributed by atoms with E-state index in [1.54, 1.807) is 13.8 Å². The monoisotopic (exact) mass is 412 g/mol. The lowest BCUT2D eigenvalue weighted by Gasteiger charge is -2.24. The first-order valence-corrected chi connectivity index (χ1v) is 11.1. The second kappa shape index (κ2) is 9.93. The van der Waals surface area contributed by atoms with E-state index in [0.717, 1.165) is 17.5 Å². The molecule has 0 saturated heterocycles. The highest BCUT2D eigenvalue weighted by atomic mass is 31.2. The van der Waals surface area contributed by atoms with Crippen LogP contribution in [0.25, 0.3) is 0 Å². The van der Waals surface area contributed by atoms with Gasteiger partial charge in [-0.05, 0) is 43.2 Å². The van der Waals surface area contributed by atoms with E-state index in [4.69, 9.17) is 14.3 Å². The number of carbonyl (C=O) groups is 2. The van der Waals surface area contributed by atoms with Crippen LogP contribution in [0.1, 0.15) is 71.4 Å². The molecule has 0 amide bonds. The Morgan fingerprint density at radius 1 is 0.857 bits per heavy atom. The summed E-state index contributed by atoms with van der Waals surface area (Å²) in [7, 11) is -4.58. The standard InChI is InChI=1S/C21H33O6P/c1-20(2,3)12-10-18(22)14-16-6-8-17(9-7-16)15-19(23)11-13-21(4,5)27-28(24,25)26/h6-9H,10-15H2,1-5H3,(H2,24,25,26). The number of ketones is 2. The van der Waals surface area contributed by atoms with Gasteiger partial charge in [0.15, 0.2) is 0 Å².